The van der Waals surface area contributed by atoms with E-state index in [1.807, 2.05) is 17.0 Å². The summed E-state index contributed by atoms with van der Waals surface area (Å²) in [6.45, 7) is 2.58. The molecule has 0 aromatic heterocycles. The number of benzene rings is 1. The summed E-state index contributed by atoms with van der Waals surface area (Å²) in [5, 5.41) is 3.46. The van der Waals surface area contributed by atoms with Crippen molar-refractivity contribution >= 4 is 23.5 Å². The van der Waals surface area contributed by atoms with E-state index in [9.17, 15) is 9.59 Å². The van der Waals surface area contributed by atoms with Crippen LogP contribution < -0.4 is 5.32 Å². The van der Waals surface area contributed by atoms with Crippen molar-refractivity contribution in [2.45, 2.75) is 25.8 Å². The predicted octanol–water partition coefficient (Wildman–Crippen LogP) is 2.49. The van der Waals surface area contributed by atoms with Gasteiger partial charge in [-0.05, 0) is 30.5 Å². The summed E-state index contributed by atoms with van der Waals surface area (Å²) in [7, 11) is 1.73. The lowest BCUT2D eigenvalue weighted by atomic mass is 10.2. The van der Waals surface area contributed by atoms with Crippen LogP contribution in [0.3, 0.4) is 0 Å². The van der Waals surface area contributed by atoms with Crippen LogP contribution in [-0.2, 0) is 11.3 Å². The Balaban J connectivity index is 1.69. The van der Waals surface area contributed by atoms with Crippen LogP contribution in [0.2, 0.25) is 5.02 Å². The standard InChI is InChI=1S/C16H22ClN3O2/c1-19(12-13-4-6-14(17)7-5-13)16(22)18-9-8-15(21)20-10-2-3-11-20/h4-7H,2-3,8-12H2,1H3,(H,18,22). The molecule has 1 aliphatic heterocycles. The number of rotatable bonds is 5. The largest absolute Gasteiger partial charge is 0.343 e. The van der Waals surface area contributed by atoms with E-state index < -0.39 is 0 Å². The van der Waals surface area contributed by atoms with Gasteiger partial charge in [-0.2, -0.15) is 0 Å². The smallest absolute Gasteiger partial charge is 0.317 e. The van der Waals surface area contributed by atoms with Gasteiger partial charge in [0, 0.05) is 44.7 Å². The second kappa shape index (κ2) is 8.03. The summed E-state index contributed by atoms with van der Waals surface area (Å²) in [5.41, 5.74) is 1.01. The van der Waals surface area contributed by atoms with E-state index in [0.717, 1.165) is 31.5 Å². The van der Waals surface area contributed by atoms with E-state index >= 15 is 0 Å². The second-order valence-electron chi connectivity index (χ2n) is 5.55. The molecule has 1 heterocycles. The first-order chi connectivity index (χ1) is 10.6. The summed E-state index contributed by atoms with van der Waals surface area (Å²) in [6, 6.07) is 7.21. The molecule has 1 aromatic rings. The van der Waals surface area contributed by atoms with E-state index in [1.54, 1.807) is 24.1 Å². The summed E-state index contributed by atoms with van der Waals surface area (Å²) in [5.74, 6) is 0.123. The third-order valence-corrected chi connectivity index (χ3v) is 4.01. The maximum absolute atomic E-state index is 12.0. The van der Waals surface area contributed by atoms with Crippen molar-refractivity contribution in [3.63, 3.8) is 0 Å². The van der Waals surface area contributed by atoms with E-state index in [-0.39, 0.29) is 11.9 Å². The number of hydrogen-bond donors (Lipinski definition) is 1. The molecule has 6 heteroatoms. The molecule has 0 unspecified atom stereocenters. The topological polar surface area (TPSA) is 52.7 Å². The molecular formula is C16H22ClN3O2. The molecule has 0 saturated carbocycles. The molecule has 22 heavy (non-hydrogen) atoms. The van der Waals surface area contributed by atoms with Gasteiger partial charge < -0.3 is 15.1 Å². The maximum Gasteiger partial charge on any atom is 0.317 e. The molecule has 0 spiro atoms. The molecule has 1 saturated heterocycles. The molecule has 0 radical (unpaired) electrons. The highest BCUT2D eigenvalue weighted by Gasteiger charge is 2.17. The summed E-state index contributed by atoms with van der Waals surface area (Å²) in [4.78, 5) is 27.3. The van der Waals surface area contributed by atoms with Crippen LogP contribution in [0.1, 0.15) is 24.8 Å². The lowest BCUT2D eigenvalue weighted by Crippen LogP contribution is -2.39. The van der Waals surface area contributed by atoms with E-state index in [0.29, 0.717) is 24.5 Å². The summed E-state index contributed by atoms with van der Waals surface area (Å²) >= 11 is 5.83. The fourth-order valence-corrected chi connectivity index (χ4v) is 2.60. The number of hydrogen-bond acceptors (Lipinski definition) is 2. The molecule has 2 rings (SSSR count). The Kier molecular flexibility index (Phi) is 6.07. The molecule has 0 atom stereocenters. The van der Waals surface area contributed by atoms with Gasteiger partial charge >= 0.3 is 6.03 Å². The first-order valence-electron chi connectivity index (χ1n) is 7.57. The molecule has 1 fully saturated rings. The van der Waals surface area contributed by atoms with Gasteiger partial charge in [-0.15, -0.1) is 0 Å². The van der Waals surface area contributed by atoms with Gasteiger partial charge in [-0.1, -0.05) is 23.7 Å². The monoisotopic (exact) mass is 323 g/mol. The molecule has 5 nitrogen and oxygen atoms in total. The van der Waals surface area contributed by atoms with Crippen LogP contribution >= 0.6 is 11.6 Å². The number of halogens is 1. The third-order valence-electron chi connectivity index (χ3n) is 3.75. The van der Waals surface area contributed by atoms with Crippen LogP contribution in [0.25, 0.3) is 0 Å². The van der Waals surface area contributed by atoms with Crippen molar-refractivity contribution in [1.82, 2.24) is 15.1 Å². The number of carbonyl (C=O) groups is 2. The number of urea groups is 1. The highest BCUT2D eigenvalue weighted by Crippen LogP contribution is 2.11. The van der Waals surface area contributed by atoms with Crippen LogP contribution in [0.4, 0.5) is 4.79 Å². The molecule has 1 aromatic carbocycles. The minimum absolute atomic E-state index is 0.123. The molecule has 0 aliphatic carbocycles. The van der Waals surface area contributed by atoms with Gasteiger partial charge in [-0.3, -0.25) is 4.79 Å². The zero-order valence-corrected chi connectivity index (χ0v) is 13.6. The lowest BCUT2D eigenvalue weighted by molar-refractivity contribution is -0.129. The number of nitrogens with one attached hydrogen (secondary N) is 1. The zero-order valence-electron chi connectivity index (χ0n) is 12.8. The van der Waals surface area contributed by atoms with E-state index in [2.05, 4.69) is 5.32 Å². The Bertz CT molecular complexity index is 513. The number of carbonyl (C=O) groups excluding carboxylic acids is 2. The van der Waals surface area contributed by atoms with Crippen molar-refractivity contribution in [3.8, 4) is 0 Å². The average molecular weight is 324 g/mol. The molecule has 1 N–H and O–H groups in total. The Morgan fingerprint density at radius 3 is 2.50 bits per heavy atom. The van der Waals surface area contributed by atoms with Crippen LogP contribution in [-0.4, -0.2) is 48.4 Å². The minimum atomic E-state index is -0.177. The lowest BCUT2D eigenvalue weighted by Gasteiger charge is -2.19. The molecule has 0 bridgehead atoms. The number of nitrogens with zero attached hydrogens (tertiary/aromatic N) is 2. The fourth-order valence-electron chi connectivity index (χ4n) is 2.47. The van der Waals surface area contributed by atoms with E-state index in [1.165, 1.54) is 0 Å². The Morgan fingerprint density at radius 1 is 1.23 bits per heavy atom. The fraction of sp³-hybridized carbons (Fsp3) is 0.500. The second-order valence-corrected chi connectivity index (χ2v) is 5.99. The van der Waals surface area contributed by atoms with Gasteiger partial charge in [0.05, 0.1) is 0 Å². The maximum atomic E-state index is 12.0. The molecule has 120 valence electrons. The van der Waals surface area contributed by atoms with Crippen molar-refractivity contribution in [2.24, 2.45) is 0 Å². The van der Waals surface area contributed by atoms with Crippen molar-refractivity contribution in [2.75, 3.05) is 26.7 Å². The highest BCUT2D eigenvalue weighted by molar-refractivity contribution is 6.30. The van der Waals surface area contributed by atoms with Crippen molar-refractivity contribution < 1.29 is 9.59 Å². The van der Waals surface area contributed by atoms with Crippen LogP contribution in [0.15, 0.2) is 24.3 Å². The van der Waals surface area contributed by atoms with Gasteiger partial charge in [0.1, 0.15) is 0 Å². The SMILES string of the molecule is CN(Cc1ccc(Cl)cc1)C(=O)NCCC(=O)N1CCCC1. The van der Waals surface area contributed by atoms with Gasteiger partial charge in [-0.25, -0.2) is 4.79 Å². The number of likely N-dealkylation sites (tertiary alicyclic amines) is 1. The van der Waals surface area contributed by atoms with Gasteiger partial charge in [0.25, 0.3) is 0 Å². The predicted molar refractivity (Wildman–Crippen MR) is 86.7 cm³/mol. The highest BCUT2D eigenvalue weighted by atomic mass is 35.5. The molecular weight excluding hydrogens is 302 g/mol. The first-order valence-corrected chi connectivity index (χ1v) is 7.95. The van der Waals surface area contributed by atoms with Crippen LogP contribution in [0.5, 0.6) is 0 Å². The normalized spacial score (nSPS) is 14.0. The summed E-state index contributed by atoms with van der Waals surface area (Å²) < 4.78 is 0. The first kappa shape index (κ1) is 16.6. The molecule has 1 aliphatic rings. The van der Waals surface area contributed by atoms with Crippen molar-refractivity contribution in [1.29, 1.82) is 0 Å². The average Bonchev–Trinajstić information content (AvgIpc) is 3.03. The van der Waals surface area contributed by atoms with Gasteiger partial charge in [0.2, 0.25) is 5.91 Å². The molecule has 3 amide bonds. The summed E-state index contributed by atoms with van der Waals surface area (Å²) in [6.07, 6.45) is 2.53. The van der Waals surface area contributed by atoms with Gasteiger partial charge in [0.15, 0.2) is 0 Å². The minimum Gasteiger partial charge on any atom is -0.343 e. The van der Waals surface area contributed by atoms with Crippen LogP contribution in [0, 0.1) is 0 Å². The zero-order chi connectivity index (χ0) is 15.9. The van der Waals surface area contributed by atoms with Crippen molar-refractivity contribution in [3.05, 3.63) is 34.9 Å². The number of amides is 3. The Labute approximate surface area is 136 Å². The Hall–Kier alpha value is -1.75. The third kappa shape index (κ3) is 4.91. The Morgan fingerprint density at radius 2 is 1.86 bits per heavy atom. The van der Waals surface area contributed by atoms with E-state index in [4.69, 9.17) is 11.6 Å². The quantitative estimate of drug-likeness (QED) is 0.905.